The van der Waals surface area contributed by atoms with Crippen molar-refractivity contribution in [1.29, 1.82) is 0 Å². The van der Waals surface area contributed by atoms with Crippen LogP contribution in [-0.2, 0) is 9.53 Å². The Morgan fingerprint density at radius 3 is 2.69 bits per heavy atom. The largest absolute Gasteiger partial charge is 0.464 e. The average molecular weight is 221 g/mol. The minimum atomic E-state index is -0.318. The second-order valence-electron chi connectivity index (χ2n) is 3.94. The number of carbonyl (C=O) groups excluding carboxylic acids is 1. The van der Waals surface area contributed by atoms with Crippen molar-refractivity contribution in [2.75, 3.05) is 11.9 Å². The van der Waals surface area contributed by atoms with Gasteiger partial charge in [0.05, 0.1) is 6.61 Å². The monoisotopic (exact) mass is 221 g/mol. The van der Waals surface area contributed by atoms with Gasteiger partial charge in [0.1, 0.15) is 6.04 Å². The Morgan fingerprint density at radius 1 is 1.44 bits per heavy atom. The second-order valence-corrected chi connectivity index (χ2v) is 3.94. The number of hydrogen-bond acceptors (Lipinski definition) is 3. The summed E-state index contributed by atoms with van der Waals surface area (Å²) < 4.78 is 4.94. The summed E-state index contributed by atoms with van der Waals surface area (Å²) in [5.41, 5.74) is 3.33. The predicted octanol–water partition coefficient (Wildman–Crippen LogP) is 2.67. The number of aryl methyl sites for hydroxylation is 2. The summed E-state index contributed by atoms with van der Waals surface area (Å²) in [6.45, 7) is 8.09. The molecule has 0 saturated carbocycles. The Kier molecular flexibility index (Phi) is 4.35. The van der Waals surface area contributed by atoms with Crippen LogP contribution in [0.2, 0.25) is 0 Å². The van der Waals surface area contributed by atoms with Gasteiger partial charge >= 0.3 is 5.97 Å². The predicted molar refractivity (Wildman–Crippen MR) is 65.6 cm³/mol. The number of carbonyl (C=O) groups is 1. The van der Waals surface area contributed by atoms with Crippen LogP contribution in [0, 0.1) is 13.8 Å². The third-order valence-corrected chi connectivity index (χ3v) is 2.39. The van der Waals surface area contributed by atoms with Gasteiger partial charge in [0, 0.05) is 5.69 Å². The van der Waals surface area contributed by atoms with Crippen molar-refractivity contribution < 1.29 is 9.53 Å². The van der Waals surface area contributed by atoms with Gasteiger partial charge in [0.2, 0.25) is 0 Å². The molecule has 3 nitrogen and oxygen atoms in total. The van der Waals surface area contributed by atoms with Crippen LogP contribution in [0.4, 0.5) is 5.69 Å². The molecule has 1 N–H and O–H groups in total. The van der Waals surface area contributed by atoms with E-state index in [2.05, 4.69) is 11.4 Å². The lowest BCUT2D eigenvalue weighted by molar-refractivity contribution is -0.143. The molecule has 0 aliphatic carbocycles. The molecule has 16 heavy (non-hydrogen) atoms. The molecule has 1 rings (SSSR count). The fourth-order valence-electron chi connectivity index (χ4n) is 1.53. The van der Waals surface area contributed by atoms with Gasteiger partial charge in [-0.3, -0.25) is 0 Å². The number of ether oxygens (including phenoxy) is 1. The van der Waals surface area contributed by atoms with Crippen LogP contribution in [0.5, 0.6) is 0 Å². The first kappa shape index (κ1) is 12.6. The summed E-state index contributed by atoms with van der Waals surface area (Å²) in [5, 5.41) is 3.15. The Labute approximate surface area is 96.8 Å². The fourth-order valence-corrected chi connectivity index (χ4v) is 1.53. The van der Waals surface area contributed by atoms with E-state index in [0.29, 0.717) is 6.61 Å². The lowest BCUT2D eigenvalue weighted by atomic mass is 10.1. The molecular formula is C13H19NO2. The van der Waals surface area contributed by atoms with Gasteiger partial charge < -0.3 is 10.1 Å². The maximum absolute atomic E-state index is 11.4. The van der Waals surface area contributed by atoms with Crippen LogP contribution in [0.25, 0.3) is 0 Å². The third kappa shape index (κ3) is 3.26. The molecule has 3 heteroatoms. The van der Waals surface area contributed by atoms with E-state index in [1.54, 1.807) is 6.92 Å². The van der Waals surface area contributed by atoms with Gasteiger partial charge in [-0.05, 0) is 39.3 Å². The molecule has 1 aromatic rings. The zero-order valence-corrected chi connectivity index (χ0v) is 10.3. The first-order chi connectivity index (χ1) is 7.54. The number of rotatable bonds is 4. The summed E-state index contributed by atoms with van der Waals surface area (Å²) in [6.07, 6.45) is 0. The molecule has 0 bridgehead atoms. The van der Waals surface area contributed by atoms with Crippen molar-refractivity contribution in [2.24, 2.45) is 0 Å². The molecule has 88 valence electrons. The average Bonchev–Trinajstić information content (AvgIpc) is 2.22. The van der Waals surface area contributed by atoms with Crippen molar-refractivity contribution in [1.82, 2.24) is 0 Å². The van der Waals surface area contributed by atoms with E-state index in [1.807, 2.05) is 32.9 Å². The quantitative estimate of drug-likeness (QED) is 0.794. The number of nitrogens with one attached hydrogen (secondary N) is 1. The Morgan fingerprint density at radius 2 is 2.12 bits per heavy atom. The highest BCUT2D eigenvalue weighted by Gasteiger charge is 2.13. The molecule has 0 saturated heterocycles. The van der Waals surface area contributed by atoms with E-state index in [4.69, 9.17) is 4.74 Å². The molecule has 0 radical (unpaired) electrons. The Hall–Kier alpha value is -1.51. The lowest BCUT2D eigenvalue weighted by Crippen LogP contribution is -2.28. The van der Waals surface area contributed by atoms with Gasteiger partial charge in [-0.15, -0.1) is 0 Å². The molecule has 0 aliphatic rings. The van der Waals surface area contributed by atoms with Crippen molar-refractivity contribution in [3.63, 3.8) is 0 Å². The third-order valence-electron chi connectivity index (χ3n) is 2.39. The summed E-state index contributed by atoms with van der Waals surface area (Å²) in [7, 11) is 0. The number of anilines is 1. The molecule has 0 aromatic heterocycles. The normalized spacial score (nSPS) is 12.0. The van der Waals surface area contributed by atoms with Crippen molar-refractivity contribution in [2.45, 2.75) is 33.7 Å². The topological polar surface area (TPSA) is 38.3 Å². The minimum absolute atomic E-state index is 0.220. The molecule has 1 unspecified atom stereocenters. The van der Waals surface area contributed by atoms with Gasteiger partial charge in [0.25, 0.3) is 0 Å². The van der Waals surface area contributed by atoms with E-state index in [1.165, 1.54) is 5.56 Å². The molecule has 0 fully saturated rings. The van der Waals surface area contributed by atoms with Gasteiger partial charge in [-0.25, -0.2) is 4.79 Å². The van der Waals surface area contributed by atoms with Crippen LogP contribution in [0.3, 0.4) is 0 Å². The first-order valence-corrected chi connectivity index (χ1v) is 5.55. The van der Waals surface area contributed by atoms with E-state index in [9.17, 15) is 4.79 Å². The van der Waals surface area contributed by atoms with Crippen LogP contribution >= 0.6 is 0 Å². The van der Waals surface area contributed by atoms with Crippen molar-refractivity contribution in [3.8, 4) is 0 Å². The zero-order valence-electron chi connectivity index (χ0n) is 10.3. The van der Waals surface area contributed by atoms with Crippen LogP contribution in [-0.4, -0.2) is 18.6 Å². The highest BCUT2D eigenvalue weighted by molar-refractivity contribution is 5.79. The molecule has 0 aliphatic heterocycles. The summed E-state index contributed by atoms with van der Waals surface area (Å²) >= 11 is 0. The van der Waals surface area contributed by atoms with Crippen molar-refractivity contribution >= 4 is 11.7 Å². The van der Waals surface area contributed by atoms with E-state index in [-0.39, 0.29) is 12.0 Å². The first-order valence-electron chi connectivity index (χ1n) is 5.55. The van der Waals surface area contributed by atoms with Crippen LogP contribution in [0.15, 0.2) is 18.2 Å². The minimum Gasteiger partial charge on any atom is -0.464 e. The highest BCUT2D eigenvalue weighted by atomic mass is 16.5. The van der Waals surface area contributed by atoms with Gasteiger partial charge in [-0.2, -0.15) is 0 Å². The van der Waals surface area contributed by atoms with E-state index in [0.717, 1.165) is 11.3 Å². The lowest BCUT2D eigenvalue weighted by Gasteiger charge is -2.15. The zero-order chi connectivity index (χ0) is 12.1. The molecule has 1 aromatic carbocycles. The van der Waals surface area contributed by atoms with Gasteiger partial charge in [0.15, 0.2) is 0 Å². The maximum atomic E-state index is 11.4. The molecule has 0 heterocycles. The Balaban J connectivity index is 2.69. The fraction of sp³-hybridized carbons (Fsp3) is 0.462. The Bertz CT molecular complexity index is 374. The van der Waals surface area contributed by atoms with Crippen LogP contribution in [0.1, 0.15) is 25.0 Å². The van der Waals surface area contributed by atoms with Crippen molar-refractivity contribution in [3.05, 3.63) is 29.3 Å². The number of hydrogen-bond donors (Lipinski definition) is 1. The second kappa shape index (κ2) is 5.54. The molecular weight excluding hydrogens is 202 g/mol. The summed E-state index contributed by atoms with van der Waals surface area (Å²) in [6, 6.07) is 5.77. The van der Waals surface area contributed by atoms with E-state index >= 15 is 0 Å². The summed E-state index contributed by atoms with van der Waals surface area (Å²) in [4.78, 5) is 11.4. The highest BCUT2D eigenvalue weighted by Crippen LogP contribution is 2.17. The maximum Gasteiger partial charge on any atom is 0.328 e. The number of benzene rings is 1. The smallest absolute Gasteiger partial charge is 0.328 e. The van der Waals surface area contributed by atoms with E-state index < -0.39 is 0 Å². The number of esters is 1. The molecule has 1 atom stereocenters. The molecule has 0 amide bonds. The standard InChI is InChI=1S/C13H19NO2/c1-5-16-13(15)11(4)14-12-7-6-9(2)8-10(12)3/h6-8,11,14H,5H2,1-4H3. The molecule has 0 spiro atoms. The van der Waals surface area contributed by atoms with Crippen LogP contribution < -0.4 is 5.32 Å². The SMILES string of the molecule is CCOC(=O)C(C)Nc1ccc(C)cc1C. The van der Waals surface area contributed by atoms with Gasteiger partial charge in [-0.1, -0.05) is 17.7 Å². The summed E-state index contributed by atoms with van der Waals surface area (Å²) in [5.74, 6) is -0.220.